The standard InChI is InChI=1S/C13H18O5/c1-3-5-6-7-9-8-10(12(15)18-9)11(14)13(16)17-4-2/h8,15H,3-7H2,1-2H3. The topological polar surface area (TPSA) is 76.7 Å². The highest BCUT2D eigenvalue weighted by atomic mass is 16.5. The van der Waals surface area contributed by atoms with Gasteiger partial charge in [0.15, 0.2) is 0 Å². The molecule has 0 spiro atoms. The number of furan rings is 1. The summed E-state index contributed by atoms with van der Waals surface area (Å²) in [5.41, 5.74) is -0.125. The molecule has 0 bridgehead atoms. The van der Waals surface area contributed by atoms with Gasteiger partial charge in [-0.05, 0) is 19.4 Å². The first-order valence-corrected chi connectivity index (χ1v) is 6.13. The number of hydrogen-bond donors (Lipinski definition) is 1. The third-order valence-corrected chi connectivity index (χ3v) is 2.50. The van der Waals surface area contributed by atoms with Gasteiger partial charge in [0.1, 0.15) is 11.3 Å². The lowest BCUT2D eigenvalue weighted by Gasteiger charge is -1.97. The van der Waals surface area contributed by atoms with E-state index in [9.17, 15) is 14.7 Å². The Morgan fingerprint density at radius 2 is 2.06 bits per heavy atom. The Morgan fingerprint density at radius 1 is 1.33 bits per heavy atom. The van der Waals surface area contributed by atoms with Crippen LogP contribution in [0.4, 0.5) is 0 Å². The third-order valence-electron chi connectivity index (χ3n) is 2.50. The van der Waals surface area contributed by atoms with E-state index >= 15 is 0 Å². The van der Waals surface area contributed by atoms with E-state index in [2.05, 4.69) is 11.7 Å². The van der Waals surface area contributed by atoms with Crippen LogP contribution in [0.5, 0.6) is 5.95 Å². The molecular weight excluding hydrogens is 236 g/mol. The average Bonchev–Trinajstić information content (AvgIpc) is 2.70. The monoisotopic (exact) mass is 254 g/mol. The van der Waals surface area contributed by atoms with Crippen LogP contribution in [0.1, 0.15) is 49.2 Å². The Morgan fingerprint density at radius 3 is 2.67 bits per heavy atom. The second-order valence-electron chi connectivity index (χ2n) is 3.94. The number of Topliss-reactive ketones (excluding diaryl/α,β-unsaturated/α-hetero) is 1. The summed E-state index contributed by atoms with van der Waals surface area (Å²) in [5.74, 6) is -1.86. The van der Waals surface area contributed by atoms with Crippen LogP contribution < -0.4 is 0 Å². The van der Waals surface area contributed by atoms with Crippen LogP contribution in [0, 0.1) is 0 Å². The van der Waals surface area contributed by atoms with Gasteiger partial charge in [-0.15, -0.1) is 0 Å². The van der Waals surface area contributed by atoms with Crippen LogP contribution in [0.15, 0.2) is 10.5 Å². The van der Waals surface area contributed by atoms with Crippen molar-refractivity contribution >= 4 is 11.8 Å². The van der Waals surface area contributed by atoms with Gasteiger partial charge in [0, 0.05) is 6.42 Å². The molecule has 18 heavy (non-hydrogen) atoms. The fourth-order valence-corrected chi connectivity index (χ4v) is 1.57. The smallest absolute Gasteiger partial charge is 0.379 e. The number of hydrogen-bond acceptors (Lipinski definition) is 5. The Hall–Kier alpha value is -1.78. The lowest BCUT2D eigenvalue weighted by atomic mass is 10.1. The SMILES string of the molecule is CCCCCc1cc(C(=O)C(=O)OCC)c(O)o1. The molecule has 1 rings (SSSR count). The molecule has 5 nitrogen and oxygen atoms in total. The van der Waals surface area contributed by atoms with Gasteiger partial charge in [-0.3, -0.25) is 4.79 Å². The number of carbonyl (C=O) groups excluding carboxylic acids is 2. The number of esters is 1. The van der Waals surface area contributed by atoms with E-state index in [1.54, 1.807) is 6.92 Å². The minimum atomic E-state index is -0.978. The molecular formula is C13H18O5. The molecule has 1 heterocycles. The predicted octanol–water partition coefficient (Wildman–Crippen LogP) is 2.46. The van der Waals surface area contributed by atoms with Crippen molar-refractivity contribution < 1.29 is 23.8 Å². The number of rotatable bonds is 7. The molecule has 0 atom stereocenters. The number of aromatic hydroxyl groups is 1. The van der Waals surface area contributed by atoms with Gasteiger partial charge in [-0.1, -0.05) is 19.8 Å². The predicted molar refractivity (Wildman–Crippen MR) is 64.6 cm³/mol. The summed E-state index contributed by atoms with van der Waals surface area (Å²) in [6, 6.07) is 1.41. The van der Waals surface area contributed by atoms with E-state index in [4.69, 9.17) is 4.42 Å². The third kappa shape index (κ3) is 3.61. The summed E-state index contributed by atoms with van der Waals surface area (Å²) in [6.45, 7) is 3.80. The molecule has 1 aromatic rings. The Balaban J connectivity index is 2.71. The maximum Gasteiger partial charge on any atom is 0.379 e. The fraction of sp³-hybridized carbons (Fsp3) is 0.538. The van der Waals surface area contributed by atoms with Crippen LogP contribution in [-0.4, -0.2) is 23.5 Å². The first kappa shape index (κ1) is 14.3. The first-order valence-electron chi connectivity index (χ1n) is 6.13. The Labute approximate surface area is 106 Å². The summed E-state index contributed by atoms with van der Waals surface area (Å²) in [7, 11) is 0. The van der Waals surface area contributed by atoms with Crippen LogP contribution >= 0.6 is 0 Å². The van der Waals surface area contributed by atoms with E-state index in [1.807, 2.05) is 0 Å². The maximum absolute atomic E-state index is 11.6. The van der Waals surface area contributed by atoms with Crippen molar-refractivity contribution in [2.45, 2.75) is 39.5 Å². The van der Waals surface area contributed by atoms with Crippen LogP contribution in [0.2, 0.25) is 0 Å². The molecule has 1 N–H and O–H groups in total. The Bertz CT molecular complexity index is 419. The quantitative estimate of drug-likeness (QED) is 0.350. The van der Waals surface area contributed by atoms with Gasteiger partial charge < -0.3 is 14.3 Å². The molecule has 100 valence electrons. The maximum atomic E-state index is 11.6. The molecule has 1 aromatic heterocycles. The molecule has 0 amide bonds. The average molecular weight is 254 g/mol. The lowest BCUT2D eigenvalue weighted by Crippen LogP contribution is -2.16. The number of aryl methyl sites for hydroxylation is 1. The number of unbranched alkanes of at least 4 members (excludes halogenated alkanes) is 2. The normalized spacial score (nSPS) is 10.3. The summed E-state index contributed by atoms with van der Waals surface area (Å²) < 4.78 is 9.62. The molecule has 0 fully saturated rings. The van der Waals surface area contributed by atoms with Crippen LogP contribution in [-0.2, 0) is 16.0 Å². The van der Waals surface area contributed by atoms with Crippen LogP contribution in [0.3, 0.4) is 0 Å². The zero-order valence-corrected chi connectivity index (χ0v) is 10.7. The first-order chi connectivity index (χ1) is 8.60. The highest BCUT2D eigenvalue weighted by Gasteiger charge is 2.24. The van der Waals surface area contributed by atoms with Crippen molar-refractivity contribution in [3.8, 4) is 5.95 Å². The van der Waals surface area contributed by atoms with Crippen molar-refractivity contribution in [2.75, 3.05) is 6.61 Å². The molecule has 0 saturated heterocycles. The van der Waals surface area contributed by atoms with E-state index < -0.39 is 17.7 Å². The van der Waals surface area contributed by atoms with Gasteiger partial charge in [-0.25, -0.2) is 4.79 Å². The highest BCUT2D eigenvalue weighted by Crippen LogP contribution is 2.24. The molecule has 0 saturated carbocycles. The molecule has 0 aliphatic heterocycles. The number of ketones is 1. The second kappa shape index (κ2) is 6.83. The molecule has 0 aromatic carbocycles. The highest BCUT2D eigenvalue weighted by molar-refractivity contribution is 6.41. The van der Waals surface area contributed by atoms with E-state index in [0.29, 0.717) is 12.2 Å². The van der Waals surface area contributed by atoms with Crippen LogP contribution in [0.25, 0.3) is 0 Å². The summed E-state index contributed by atoms with van der Waals surface area (Å²) in [5, 5.41) is 9.48. The zero-order valence-electron chi connectivity index (χ0n) is 10.7. The van der Waals surface area contributed by atoms with Crippen molar-refractivity contribution in [3.05, 3.63) is 17.4 Å². The molecule has 0 aliphatic rings. The van der Waals surface area contributed by atoms with Crippen molar-refractivity contribution in [3.63, 3.8) is 0 Å². The van der Waals surface area contributed by atoms with Gasteiger partial charge >= 0.3 is 5.97 Å². The van der Waals surface area contributed by atoms with Gasteiger partial charge in [-0.2, -0.15) is 0 Å². The lowest BCUT2D eigenvalue weighted by molar-refractivity contribution is -0.137. The second-order valence-corrected chi connectivity index (χ2v) is 3.94. The zero-order chi connectivity index (χ0) is 13.5. The Kier molecular flexibility index (Phi) is 5.42. The van der Waals surface area contributed by atoms with E-state index in [-0.39, 0.29) is 12.2 Å². The van der Waals surface area contributed by atoms with Gasteiger partial charge in [0.05, 0.1) is 6.61 Å². The summed E-state index contributed by atoms with van der Waals surface area (Å²) in [6.07, 6.45) is 3.66. The minimum absolute atomic E-state index is 0.118. The van der Waals surface area contributed by atoms with Crippen molar-refractivity contribution in [2.24, 2.45) is 0 Å². The molecule has 0 radical (unpaired) electrons. The summed E-state index contributed by atoms with van der Waals surface area (Å²) >= 11 is 0. The molecule has 0 unspecified atom stereocenters. The molecule has 0 aliphatic carbocycles. The van der Waals surface area contributed by atoms with Gasteiger partial charge in [0.2, 0.25) is 0 Å². The largest absolute Gasteiger partial charge is 0.480 e. The number of ether oxygens (including phenoxy) is 1. The molecule has 5 heteroatoms. The fourth-order valence-electron chi connectivity index (χ4n) is 1.57. The van der Waals surface area contributed by atoms with E-state index in [1.165, 1.54) is 6.07 Å². The summed E-state index contributed by atoms with van der Waals surface area (Å²) in [4.78, 5) is 22.8. The van der Waals surface area contributed by atoms with E-state index in [0.717, 1.165) is 19.3 Å². The van der Waals surface area contributed by atoms with Crippen molar-refractivity contribution in [1.29, 1.82) is 0 Å². The van der Waals surface area contributed by atoms with Gasteiger partial charge in [0.25, 0.3) is 11.7 Å². The number of carbonyl (C=O) groups is 2. The minimum Gasteiger partial charge on any atom is -0.480 e. The van der Waals surface area contributed by atoms with Crippen molar-refractivity contribution in [1.82, 2.24) is 0 Å².